The third-order valence-corrected chi connectivity index (χ3v) is 3.22. The zero-order valence-electron chi connectivity index (χ0n) is 10.4. The summed E-state index contributed by atoms with van der Waals surface area (Å²) in [6.45, 7) is 2.97. The minimum atomic E-state index is 0.697. The van der Waals surface area contributed by atoms with Crippen molar-refractivity contribution in [2.24, 2.45) is 0 Å². The molecule has 0 spiro atoms. The molecular weight excluding hydrogens is 244 g/mol. The maximum atomic E-state index is 5.94. The molecule has 2 aromatic carbocycles. The van der Waals surface area contributed by atoms with Crippen LogP contribution in [0.2, 0.25) is 5.02 Å². The molecule has 0 radical (unpaired) electrons. The van der Waals surface area contributed by atoms with Crippen LogP contribution in [0.5, 0.6) is 0 Å². The number of nitrogen functional groups attached to an aromatic ring is 1. The van der Waals surface area contributed by atoms with Crippen LogP contribution < -0.4 is 11.1 Å². The first-order valence-corrected chi connectivity index (χ1v) is 6.38. The van der Waals surface area contributed by atoms with E-state index in [1.807, 2.05) is 12.1 Å². The molecule has 0 aliphatic rings. The van der Waals surface area contributed by atoms with Gasteiger partial charge in [0.15, 0.2) is 0 Å². The maximum Gasteiger partial charge on any atom is 0.0588 e. The highest BCUT2D eigenvalue weighted by Crippen LogP contribution is 2.22. The molecule has 0 aliphatic heterocycles. The summed E-state index contributed by atoms with van der Waals surface area (Å²) >= 11 is 5.94. The van der Waals surface area contributed by atoms with E-state index >= 15 is 0 Å². The van der Waals surface area contributed by atoms with Crippen LogP contribution in [-0.2, 0) is 6.42 Å². The fraction of sp³-hybridized carbons (Fsp3) is 0.200. The van der Waals surface area contributed by atoms with Crippen molar-refractivity contribution in [2.75, 3.05) is 17.6 Å². The zero-order chi connectivity index (χ0) is 13.0. The molecule has 0 aliphatic carbocycles. The van der Waals surface area contributed by atoms with Gasteiger partial charge >= 0.3 is 0 Å². The van der Waals surface area contributed by atoms with E-state index in [0.29, 0.717) is 5.02 Å². The van der Waals surface area contributed by atoms with Gasteiger partial charge in [-0.2, -0.15) is 0 Å². The summed E-state index contributed by atoms with van der Waals surface area (Å²) in [5, 5.41) is 4.02. The van der Waals surface area contributed by atoms with Crippen molar-refractivity contribution in [3.63, 3.8) is 0 Å². The van der Waals surface area contributed by atoms with Crippen molar-refractivity contribution in [3.8, 4) is 0 Å². The van der Waals surface area contributed by atoms with Gasteiger partial charge in [-0.05, 0) is 42.7 Å². The third-order valence-electron chi connectivity index (χ3n) is 2.99. The van der Waals surface area contributed by atoms with Gasteiger partial charge in [-0.25, -0.2) is 0 Å². The molecule has 0 unspecified atom stereocenters. The van der Waals surface area contributed by atoms with E-state index in [2.05, 4.69) is 36.5 Å². The van der Waals surface area contributed by atoms with Crippen molar-refractivity contribution < 1.29 is 0 Å². The Morgan fingerprint density at radius 3 is 2.72 bits per heavy atom. The number of nitrogens with two attached hydrogens (primary N) is 1. The molecular formula is C15H17ClN2. The smallest absolute Gasteiger partial charge is 0.0588 e. The van der Waals surface area contributed by atoms with Crippen molar-refractivity contribution in [1.29, 1.82) is 0 Å². The van der Waals surface area contributed by atoms with E-state index in [1.165, 1.54) is 11.1 Å². The van der Waals surface area contributed by atoms with Crippen LogP contribution in [0.15, 0.2) is 42.5 Å². The van der Waals surface area contributed by atoms with E-state index in [1.54, 1.807) is 6.07 Å². The molecule has 2 aromatic rings. The molecule has 3 heteroatoms. The van der Waals surface area contributed by atoms with Crippen LogP contribution in [0.4, 0.5) is 11.4 Å². The quantitative estimate of drug-likeness (QED) is 0.819. The number of nitrogens with one attached hydrogen (secondary N) is 1. The van der Waals surface area contributed by atoms with Gasteiger partial charge < -0.3 is 11.1 Å². The van der Waals surface area contributed by atoms with Gasteiger partial charge in [-0.15, -0.1) is 0 Å². The second kappa shape index (κ2) is 5.78. The summed E-state index contributed by atoms with van der Waals surface area (Å²) in [6.07, 6.45) is 0.971. The average Bonchev–Trinajstić information content (AvgIpc) is 2.36. The minimum Gasteiger partial charge on any atom is -0.397 e. The summed E-state index contributed by atoms with van der Waals surface area (Å²) in [7, 11) is 0. The predicted octanol–water partition coefficient (Wildman–Crippen LogP) is 3.89. The number of hydrogen-bond donors (Lipinski definition) is 2. The number of anilines is 2. The summed E-state index contributed by atoms with van der Waals surface area (Å²) < 4.78 is 0. The molecule has 0 atom stereocenters. The molecule has 94 valence electrons. The summed E-state index contributed by atoms with van der Waals surface area (Å²) in [6, 6.07) is 13.9. The monoisotopic (exact) mass is 260 g/mol. The molecule has 2 nitrogen and oxygen atoms in total. The van der Waals surface area contributed by atoms with E-state index in [4.69, 9.17) is 17.3 Å². The van der Waals surface area contributed by atoms with Gasteiger partial charge in [-0.1, -0.05) is 35.9 Å². The van der Waals surface area contributed by atoms with Crippen LogP contribution in [0.25, 0.3) is 0 Å². The van der Waals surface area contributed by atoms with Gasteiger partial charge in [-0.3, -0.25) is 0 Å². The lowest BCUT2D eigenvalue weighted by Crippen LogP contribution is -2.07. The van der Waals surface area contributed by atoms with Crippen LogP contribution in [-0.4, -0.2) is 6.54 Å². The standard InChI is InChI=1S/C15H17ClN2/c1-11-4-2-3-5-12(11)8-9-18-15-10-13(16)6-7-14(15)17/h2-7,10,18H,8-9,17H2,1H3. The van der Waals surface area contributed by atoms with Crippen LogP contribution in [0, 0.1) is 6.92 Å². The second-order valence-electron chi connectivity index (χ2n) is 4.33. The van der Waals surface area contributed by atoms with Gasteiger partial charge in [0.05, 0.1) is 11.4 Å². The summed E-state index contributed by atoms with van der Waals surface area (Å²) in [4.78, 5) is 0. The van der Waals surface area contributed by atoms with E-state index < -0.39 is 0 Å². The molecule has 0 fully saturated rings. The topological polar surface area (TPSA) is 38.0 Å². The average molecular weight is 261 g/mol. The Morgan fingerprint density at radius 1 is 1.17 bits per heavy atom. The van der Waals surface area contributed by atoms with Crippen LogP contribution >= 0.6 is 11.6 Å². The lowest BCUT2D eigenvalue weighted by atomic mass is 10.1. The maximum absolute atomic E-state index is 5.94. The Morgan fingerprint density at radius 2 is 1.94 bits per heavy atom. The Labute approximate surface area is 113 Å². The molecule has 18 heavy (non-hydrogen) atoms. The zero-order valence-corrected chi connectivity index (χ0v) is 11.2. The number of rotatable bonds is 4. The molecule has 0 saturated heterocycles. The first kappa shape index (κ1) is 12.8. The Kier molecular flexibility index (Phi) is 4.11. The normalized spacial score (nSPS) is 10.3. The first-order chi connectivity index (χ1) is 8.66. The minimum absolute atomic E-state index is 0.697. The predicted molar refractivity (Wildman–Crippen MR) is 79.2 cm³/mol. The van der Waals surface area contributed by atoms with Crippen molar-refractivity contribution >= 4 is 23.0 Å². The van der Waals surface area contributed by atoms with E-state index in [0.717, 1.165) is 24.3 Å². The highest BCUT2D eigenvalue weighted by atomic mass is 35.5. The Bertz CT molecular complexity index is 538. The fourth-order valence-electron chi connectivity index (χ4n) is 1.90. The largest absolute Gasteiger partial charge is 0.397 e. The number of aryl methyl sites for hydroxylation is 1. The van der Waals surface area contributed by atoms with Crippen LogP contribution in [0.3, 0.4) is 0 Å². The third kappa shape index (κ3) is 3.17. The van der Waals surface area contributed by atoms with Crippen molar-refractivity contribution in [1.82, 2.24) is 0 Å². The molecule has 0 bridgehead atoms. The molecule has 3 N–H and O–H groups in total. The molecule has 0 saturated carbocycles. The van der Waals surface area contributed by atoms with Gasteiger partial charge in [0.25, 0.3) is 0 Å². The number of benzene rings is 2. The highest BCUT2D eigenvalue weighted by Gasteiger charge is 2.01. The Hall–Kier alpha value is -1.67. The summed E-state index contributed by atoms with van der Waals surface area (Å²) in [5.74, 6) is 0. The van der Waals surface area contributed by atoms with Gasteiger partial charge in [0.2, 0.25) is 0 Å². The number of hydrogen-bond acceptors (Lipinski definition) is 2. The van der Waals surface area contributed by atoms with Crippen molar-refractivity contribution in [3.05, 3.63) is 58.6 Å². The molecule has 2 rings (SSSR count). The fourth-order valence-corrected chi connectivity index (χ4v) is 2.08. The van der Waals surface area contributed by atoms with Crippen molar-refractivity contribution in [2.45, 2.75) is 13.3 Å². The second-order valence-corrected chi connectivity index (χ2v) is 4.77. The lowest BCUT2D eigenvalue weighted by Gasteiger charge is -2.10. The molecule has 0 aromatic heterocycles. The first-order valence-electron chi connectivity index (χ1n) is 6.00. The number of halogens is 1. The van der Waals surface area contributed by atoms with E-state index in [9.17, 15) is 0 Å². The van der Waals surface area contributed by atoms with Crippen LogP contribution in [0.1, 0.15) is 11.1 Å². The lowest BCUT2D eigenvalue weighted by molar-refractivity contribution is 1.01. The van der Waals surface area contributed by atoms with Gasteiger partial charge in [0.1, 0.15) is 0 Å². The van der Waals surface area contributed by atoms with E-state index in [-0.39, 0.29) is 0 Å². The highest BCUT2D eigenvalue weighted by molar-refractivity contribution is 6.31. The molecule has 0 heterocycles. The summed E-state index contributed by atoms with van der Waals surface area (Å²) in [5.41, 5.74) is 10.2. The molecule has 0 amide bonds. The van der Waals surface area contributed by atoms with Gasteiger partial charge in [0, 0.05) is 11.6 Å². The Balaban J connectivity index is 1.96. The SMILES string of the molecule is Cc1ccccc1CCNc1cc(Cl)ccc1N.